The molecule has 132 valence electrons. The first-order valence-corrected chi connectivity index (χ1v) is 7.46. The molecule has 0 heterocycles. The fourth-order valence-corrected chi connectivity index (χ4v) is 2.08. The molecule has 1 atom stereocenters. The Morgan fingerprint density at radius 2 is 1.56 bits per heavy atom. The number of carboxylic acid groups (broad SMARTS) is 2. The third-order valence-electron chi connectivity index (χ3n) is 3.35. The zero-order chi connectivity index (χ0) is 18.2. The van der Waals surface area contributed by atoms with Crippen LogP contribution in [0.3, 0.4) is 0 Å². The van der Waals surface area contributed by atoms with Crippen molar-refractivity contribution in [1.29, 1.82) is 0 Å². The van der Waals surface area contributed by atoms with Crippen LogP contribution in [0, 0.1) is 5.82 Å². The van der Waals surface area contributed by atoms with Crippen molar-refractivity contribution in [2.45, 2.75) is 19.1 Å². The highest BCUT2D eigenvalue weighted by molar-refractivity contribution is 5.72. The molecule has 0 aliphatic rings. The van der Waals surface area contributed by atoms with Gasteiger partial charge in [0.25, 0.3) is 0 Å². The third-order valence-corrected chi connectivity index (χ3v) is 3.35. The van der Waals surface area contributed by atoms with Gasteiger partial charge in [0.2, 0.25) is 0 Å². The highest BCUT2D eigenvalue weighted by Crippen LogP contribution is 2.15. The molecule has 0 aliphatic carbocycles. The fourth-order valence-electron chi connectivity index (χ4n) is 2.08. The molecule has 1 unspecified atom stereocenters. The van der Waals surface area contributed by atoms with Crippen LogP contribution in [0.4, 0.5) is 4.39 Å². The topological polar surface area (TPSA) is 93.1 Å². The van der Waals surface area contributed by atoms with Gasteiger partial charge in [-0.3, -0.25) is 0 Å². The zero-order valence-electron chi connectivity index (χ0n) is 13.2. The van der Waals surface area contributed by atoms with E-state index >= 15 is 0 Å². The summed E-state index contributed by atoms with van der Waals surface area (Å²) in [4.78, 5) is 21.8. The van der Waals surface area contributed by atoms with E-state index in [4.69, 9.17) is 14.6 Å². The summed E-state index contributed by atoms with van der Waals surface area (Å²) in [5.74, 6) is -2.17. The van der Waals surface area contributed by atoms with Gasteiger partial charge >= 0.3 is 11.9 Å². The fraction of sp³-hybridized carbons (Fsp3) is 0.222. The number of hydrogen-bond acceptors (Lipinski definition) is 4. The highest BCUT2D eigenvalue weighted by atomic mass is 19.1. The predicted molar refractivity (Wildman–Crippen MR) is 85.9 cm³/mol. The van der Waals surface area contributed by atoms with Crippen molar-refractivity contribution in [3.8, 4) is 5.75 Å². The molecule has 0 amide bonds. The summed E-state index contributed by atoms with van der Waals surface area (Å²) < 4.78 is 23.3. The maximum absolute atomic E-state index is 12.9. The van der Waals surface area contributed by atoms with Crippen LogP contribution in [0.2, 0.25) is 0 Å². The Kier molecular flexibility index (Phi) is 6.47. The van der Waals surface area contributed by atoms with E-state index in [-0.39, 0.29) is 18.8 Å². The number of rotatable bonds is 9. The van der Waals surface area contributed by atoms with Gasteiger partial charge in [0.15, 0.2) is 12.7 Å². The molecule has 0 spiro atoms. The molecule has 0 radical (unpaired) electrons. The lowest BCUT2D eigenvalue weighted by molar-refractivity contribution is -0.151. The van der Waals surface area contributed by atoms with E-state index in [0.29, 0.717) is 16.9 Å². The van der Waals surface area contributed by atoms with Crippen molar-refractivity contribution >= 4 is 11.9 Å². The standard InChI is InChI=1S/C18H17FO6/c19-14-5-1-13(2-6-14)10-25-16(18(22)23)9-12-3-7-15(8-4-12)24-11-17(20)21/h1-8,16H,9-11H2,(H,20,21)(H,22,23). The predicted octanol–water partition coefficient (Wildman–Crippen LogP) is 2.50. The van der Waals surface area contributed by atoms with Gasteiger partial charge < -0.3 is 19.7 Å². The molecule has 0 saturated carbocycles. The average Bonchev–Trinajstić information content (AvgIpc) is 2.59. The van der Waals surface area contributed by atoms with Gasteiger partial charge in [0, 0.05) is 6.42 Å². The molecule has 2 rings (SSSR count). The van der Waals surface area contributed by atoms with Gasteiger partial charge in [-0.2, -0.15) is 0 Å². The molecule has 0 bridgehead atoms. The van der Waals surface area contributed by atoms with E-state index in [1.807, 2.05) is 0 Å². The lowest BCUT2D eigenvalue weighted by Gasteiger charge is -2.14. The molecular weight excluding hydrogens is 331 g/mol. The SMILES string of the molecule is O=C(O)COc1ccc(CC(OCc2ccc(F)cc2)C(=O)O)cc1. The van der Waals surface area contributed by atoms with Crippen molar-refractivity contribution in [3.05, 3.63) is 65.5 Å². The Balaban J connectivity index is 1.93. The molecule has 0 aliphatic heterocycles. The second kappa shape index (κ2) is 8.79. The Labute approximate surface area is 143 Å². The Morgan fingerprint density at radius 3 is 2.12 bits per heavy atom. The molecule has 7 heteroatoms. The first-order valence-electron chi connectivity index (χ1n) is 7.46. The van der Waals surface area contributed by atoms with Crippen LogP contribution in [0.25, 0.3) is 0 Å². The second-order valence-electron chi connectivity index (χ2n) is 5.29. The van der Waals surface area contributed by atoms with Crippen LogP contribution in [0.15, 0.2) is 48.5 Å². The van der Waals surface area contributed by atoms with Crippen LogP contribution in [0.5, 0.6) is 5.75 Å². The molecule has 0 saturated heterocycles. The van der Waals surface area contributed by atoms with E-state index < -0.39 is 24.6 Å². The van der Waals surface area contributed by atoms with Crippen LogP contribution >= 0.6 is 0 Å². The van der Waals surface area contributed by atoms with Crippen molar-refractivity contribution in [2.75, 3.05) is 6.61 Å². The summed E-state index contributed by atoms with van der Waals surface area (Å²) in [5.41, 5.74) is 1.37. The largest absolute Gasteiger partial charge is 0.482 e. The summed E-state index contributed by atoms with van der Waals surface area (Å²) in [6.07, 6.45) is -0.925. The number of ether oxygens (including phenoxy) is 2. The van der Waals surface area contributed by atoms with E-state index in [1.165, 1.54) is 24.3 Å². The summed E-state index contributed by atoms with van der Waals surface area (Å²) in [6, 6.07) is 12.1. The maximum Gasteiger partial charge on any atom is 0.341 e. The van der Waals surface area contributed by atoms with Gasteiger partial charge in [0.1, 0.15) is 11.6 Å². The van der Waals surface area contributed by atoms with Gasteiger partial charge in [-0.05, 0) is 35.4 Å². The Bertz CT molecular complexity index is 711. The summed E-state index contributed by atoms with van der Waals surface area (Å²) in [6.45, 7) is -0.394. The smallest absolute Gasteiger partial charge is 0.341 e. The van der Waals surface area contributed by atoms with Crippen LogP contribution in [-0.4, -0.2) is 34.9 Å². The minimum atomic E-state index is -1.10. The molecule has 0 fully saturated rings. The van der Waals surface area contributed by atoms with Crippen molar-refractivity contribution in [1.82, 2.24) is 0 Å². The van der Waals surface area contributed by atoms with Crippen LogP contribution in [0.1, 0.15) is 11.1 Å². The van der Waals surface area contributed by atoms with Crippen molar-refractivity contribution in [3.63, 3.8) is 0 Å². The monoisotopic (exact) mass is 348 g/mol. The second-order valence-corrected chi connectivity index (χ2v) is 5.29. The molecule has 25 heavy (non-hydrogen) atoms. The highest BCUT2D eigenvalue weighted by Gasteiger charge is 2.19. The zero-order valence-corrected chi connectivity index (χ0v) is 13.2. The Hall–Kier alpha value is -2.93. The first kappa shape index (κ1) is 18.4. The lowest BCUT2D eigenvalue weighted by atomic mass is 10.1. The Morgan fingerprint density at radius 1 is 0.960 bits per heavy atom. The molecule has 2 aromatic rings. The number of benzene rings is 2. The quantitative estimate of drug-likeness (QED) is 0.723. The molecule has 6 nitrogen and oxygen atoms in total. The summed E-state index contributed by atoms with van der Waals surface area (Å²) in [7, 11) is 0. The first-order chi connectivity index (χ1) is 11.9. The molecule has 0 aromatic heterocycles. The van der Waals surface area contributed by atoms with Gasteiger partial charge in [0.05, 0.1) is 6.61 Å². The number of halogens is 1. The van der Waals surface area contributed by atoms with Gasteiger partial charge in [-0.25, -0.2) is 14.0 Å². The van der Waals surface area contributed by atoms with Gasteiger partial charge in [-0.1, -0.05) is 24.3 Å². The normalized spacial score (nSPS) is 11.7. The van der Waals surface area contributed by atoms with Crippen LogP contribution in [-0.2, 0) is 27.4 Å². The minimum Gasteiger partial charge on any atom is -0.482 e. The van der Waals surface area contributed by atoms with Crippen LogP contribution < -0.4 is 4.74 Å². The molecule has 2 N–H and O–H groups in total. The average molecular weight is 348 g/mol. The minimum absolute atomic E-state index is 0.0526. The lowest BCUT2D eigenvalue weighted by Crippen LogP contribution is -2.26. The summed E-state index contributed by atoms with van der Waals surface area (Å²) >= 11 is 0. The van der Waals surface area contributed by atoms with E-state index in [1.54, 1.807) is 24.3 Å². The summed E-state index contributed by atoms with van der Waals surface area (Å²) in [5, 5.41) is 17.8. The maximum atomic E-state index is 12.9. The number of carboxylic acids is 2. The molecular formula is C18H17FO6. The molecule has 2 aromatic carbocycles. The number of carbonyl (C=O) groups is 2. The third kappa shape index (κ3) is 6.23. The van der Waals surface area contributed by atoms with E-state index in [9.17, 15) is 19.1 Å². The van der Waals surface area contributed by atoms with Crippen molar-refractivity contribution in [2.24, 2.45) is 0 Å². The number of hydrogen-bond donors (Lipinski definition) is 2. The van der Waals surface area contributed by atoms with Gasteiger partial charge in [-0.15, -0.1) is 0 Å². The number of aliphatic carboxylic acids is 2. The van der Waals surface area contributed by atoms with E-state index in [2.05, 4.69) is 0 Å². The van der Waals surface area contributed by atoms with E-state index in [0.717, 1.165) is 0 Å². The van der Waals surface area contributed by atoms with Crippen molar-refractivity contribution < 1.29 is 33.7 Å².